The van der Waals surface area contributed by atoms with Gasteiger partial charge in [0.15, 0.2) is 11.5 Å². The van der Waals surface area contributed by atoms with Crippen LogP contribution in [0.1, 0.15) is 38.2 Å². The normalized spacial score (nSPS) is 12.9. The van der Waals surface area contributed by atoms with Crippen molar-refractivity contribution >= 4 is 23.6 Å². The Kier molecular flexibility index (Phi) is 5.93. The Morgan fingerprint density at radius 2 is 2.19 bits per heavy atom. The topological polar surface area (TPSA) is 47.6 Å². The average Bonchev–Trinajstić information content (AvgIpc) is 2.94. The molecule has 0 radical (unpaired) electrons. The third-order valence-electron chi connectivity index (χ3n) is 3.21. The van der Waals surface area contributed by atoms with E-state index < -0.39 is 0 Å². The summed E-state index contributed by atoms with van der Waals surface area (Å²) in [6, 6.07) is 3.55. The summed E-state index contributed by atoms with van der Waals surface area (Å²) in [5, 5.41) is 3.35. The summed E-state index contributed by atoms with van der Waals surface area (Å²) in [4.78, 5) is 11.7. The number of benzene rings is 1. The van der Waals surface area contributed by atoms with Gasteiger partial charge in [-0.25, -0.2) is 0 Å². The van der Waals surface area contributed by atoms with Crippen LogP contribution in [0.4, 0.5) is 0 Å². The number of carbonyl (C=O) groups excluding carboxylic acids is 1. The van der Waals surface area contributed by atoms with Crippen molar-refractivity contribution < 1.29 is 14.3 Å². The van der Waals surface area contributed by atoms with E-state index in [1.165, 1.54) is 18.9 Å². The number of unbranched alkanes of at least 4 members (excludes halogenated alkanes) is 3. The summed E-state index contributed by atoms with van der Waals surface area (Å²) >= 11 is 6.08. The number of nitrogens with one attached hydrogen (secondary N) is 1. The maximum absolute atomic E-state index is 11.7. The SMILES string of the molecule is CCCCCCNC(=O)/C=C/c1cc(Cl)c2c(c1)OCO2. The Morgan fingerprint density at radius 1 is 1.33 bits per heavy atom. The summed E-state index contributed by atoms with van der Waals surface area (Å²) in [5.41, 5.74) is 0.811. The Hall–Kier alpha value is -1.68. The third-order valence-corrected chi connectivity index (χ3v) is 3.49. The van der Waals surface area contributed by atoms with Crippen LogP contribution in [0, 0.1) is 0 Å². The van der Waals surface area contributed by atoms with E-state index in [4.69, 9.17) is 21.1 Å². The van der Waals surface area contributed by atoms with E-state index in [1.54, 1.807) is 18.2 Å². The summed E-state index contributed by atoms with van der Waals surface area (Å²) in [6.45, 7) is 3.06. The van der Waals surface area contributed by atoms with Crippen molar-refractivity contribution in [1.82, 2.24) is 5.32 Å². The molecule has 0 aromatic heterocycles. The molecular weight excluding hydrogens is 290 g/mol. The van der Waals surface area contributed by atoms with E-state index >= 15 is 0 Å². The highest BCUT2D eigenvalue weighted by Crippen LogP contribution is 2.39. The van der Waals surface area contributed by atoms with Crippen LogP contribution in [0.25, 0.3) is 6.08 Å². The van der Waals surface area contributed by atoms with Crippen LogP contribution in [0.3, 0.4) is 0 Å². The van der Waals surface area contributed by atoms with Crippen molar-refractivity contribution in [3.05, 3.63) is 28.8 Å². The van der Waals surface area contributed by atoms with E-state index in [2.05, 4.69) is 12.2 Å². The molecule has 21 heavy (non-hydrogen) atoms. The second-order valence-electron chi connectivity index (χ2n) is 4.92. The molecule has 0 bridgehead atoms. The molecule has 1 aliphatic rings. The molecule has 1 aromatic rings. The second kappa shape index (κ2) is 7.93. The molecule has 4 nitrogen and oxygen atoms in total. The fraction of sp³-hybridized carbons (Fsp3) is 0.438. The molecule has 0 atom stereocenters. The minimum absolute atomic E-state index is 0.0970. The van der Waals surface area contributed by atoms with Crippen LogP contribution in [-0.2, 0) is 4.79 Å². The lowest BCUT2D eigenvalue weighted by atomic mass is 10.2. The Bertz CT molecular complexity index is 528. The largest absolute Gasteiger partial charge is 0.454 e. The van der Waals surface area contributed by atoms with E-state index in [9.17, 15) is 4.79 Å². The molecule has 1 heterocycles. The number of hydrogen-bond donors (Lipinski definition) is 1. The lowest BCUT2D eigenvalue weighted by Gasteiger charge is -2.02. The van der Waals surface area contributed by atoms with Gasteiger partial charge in [0, 0.05) is 12.6 Å². The molecule has 0 fully saturated rings. The molecule has 0 saturated carbocycles. The highest BCUT2D eigenvalue weighted by molar-refractivity contribution is 6.32. The molecule has 2 rings (SSSR count). The third kappa shape index (κ3) is 4.67. The van der Waals surface area contributed by atoms with Gasteiger partial charge in [-0.15, -0.1) is 0 Å². The molecule has 1 aromatic carbocycles. The van der Waals surface area contributed by atoms with Gasteiger partial charge in [-0.05, 0) is 30.2 Å². The number of amides is 1. The van der Waals surface area contributed by atoms with Gasteiger partial charge in [0.25, 0.3) is 0 Å². The van der Waals surface area contributed by atoms with Crippen LogP contribution in [0.15, 0.2) is 18.2 Å². The van der Waals surface area contributed by atoms with Crippen molar-refractivity contribution in [3.8, 4) is 11.5 Å². The van der Waals surface area contributed by atoms with Crippen LogP contribution in [0.2, 0.25) is 5.02 Å². The van der Waals surface area contributed by atoms with Gasteiger partial charge < -0.3 is 14.8 Å². The van der Waals surface area contributed by atoms with Gasteiger partial charge in [-0.2, -0.15) is 0 Å². The highest BCUT2D eigenvalue weighted by atomic mass is 35.5. The summed E-state index contributed by atoms with van der Waals surface area (Å²) < 4.78 is 10.5. The van der Waals surface area contributed by atoms with Crippen LogP contribution < -0.4 is 14.8 Å². The second-order valence-corrected chi connectivity index (χ2v) is 5.33. The lowest BCUT2D eigenvalue weighted by molar-refractivity contribution is -0.116. The van der Waals surface area contributed by atoms with E-state index in [0.717, 1.165) is 18.4 Å². The fourth-order valence-electron chi connectivity index (χ4n) is 2.08. The molecular formula is C16H20ClNO3. The molecule has 1 aliphatic heterocycles. The van der Waals surface area contributed by atoms with E-state index in [0.29, 0.717) is 23.1 Å². The molecule has 0 aliphatic carbocycles. The lowest BCUT2D eigenvalue weighted by Crippen LogP contribution is -2.21. The number of carbonyl (C=O) groups is 1. The highest BCUT2D eigenvalue weighted by Gasteiger charge is 2.17. The minimum Gasteiger partial charge on any atom is -0.454 e. The molecule has 0 spiro atoms. The van der Waals surface area contributed by atoms with Crippen LogP contribution in [0.5, 0.6) is 11.5 Å². The summed E-state index contributed by atoms with van der Waals surface area (Å²) in [7, 11) is 0. The summed E-state index contributed by atoms with van der Waals surface area (Å²) in [6.07, 6.45) is 7.80. The van der Waals surface area contributed by atoms with Gasteiger partial charge in [0.2, 0.25) is 12.7 Å². The molecule has 114 valence electrons. The quantitative estimate of drug-likeness (QED) is 0.616. The Morgan fingerprint density at radius 3 is 3.00 bits per heavy atom. The zero-order valence-corrected chi connectivity index (χ0v) is 12.9. The number of ether oxygens (including phenoxy) is 2. The van der Waals surface area contributed by atoms with Crippen LogP contribution in [-0.4, -0.2) is 19.2 Å². The first-order valence-corrected chi connectivity index (χ1v) is 7.63. The molecule has 0 unspecified atom stereocenters. The monoisotopic (exact) mass is 309 g/mol. The fourth-order valence-corrected chi connectivity index (χ4v) is 2.35. The Balaban J connectivity index is 1.83. The van der Waals surface area contributed by atoms with Gasteiger partial charge in [0.1, 0.15) is 0 Å². The van der Waals surface area contributed by atoms with Gasteiger partial charge in [0.05, 0.1) is 5.02 Å². The molecule has 0 saturated heterocycles. The maximum atomic E-state index is 11.7. The minimum atomic E-state index is -0.0970. The smallest absolute Gasteiger partial charge is 0.243 e. The predicted molar refractivity (Wildman–Crippen MR) is 83.8 cm³/mol. The first-order valence-electron chi connectivity index (χ1n) is 7.25. The first kappa shape index (κ1) is 15.7. The number of fused-ring (bicyclic) bond motifs is 1. The van der Waals surface area contributed by atoms with Crippen molar-refractivity contribution in [1.29, 1.82) is 0 Å². The molecule has 1 N–H and O–H groups in total. The average molecular weight is 310 g/mol. The summed E-state index contributed by atoms with van der Waals surface area (Å²) in [5.74, 6) is 1.08. The standard InChI is InChI=1S/C16H20ClNO3/c1-2-3-4-5-8-18-15(19)7-6-12-9-13(17)16-14(10-12)20-11-21-16/h6-7,9-10H,2-5,8,11H2,1H3,(H,18,19)/b7-6+. The zero-order chi connectivity index (χ0) is 15.1. The van der Waals surface area contributed by atoms with E-state index in [-0.39, 0.29) is 12.7 Å². The molecule has 1 amide bonds. The van der Waals surface area contributed by atoms with Crippen molar-refractivity contribution in [2.24, 2.45) is 0 Å². The van der Waals surface area contributed by atoms with Crippen molar-refractivity contribution in [3.63, 3.8) is 0 Å². The van der Waals surface area contributed by atoms with Crippen molar-refractivity contribution in [2.75, 3.05) is 13.3 Å². The van der Waals surface area contributed by atoms with Crippen LogP contribution >= 0.6 is 11.6 Å². The number of hydrogen-bond acceptors (Lipinski definition) is 3. The number of halogens is 1. The van der Waals surface area contributed by atoms with Gasteiger partial charge in [-0.3, -0.25) is 4.79 Å². The Labute approximate surface area is 130 Å². The zero-order valence-electron chi connectivity index (χ0n) is 12.2. The van der Waals surface area contributed by atoms with Gasteiger partial charge in [-0.1, -0.05) is 37.8 Å². The maximum Gasteiger partial charge on any atom is 0.243 e. The van der Waals surface area contributed by atoms with Crippen molar-refractivity contribution in [2.45, 2.75) is 32.6 Å². The first-order chi connectivity index (χ1) is 10.2. The molecule has 5 heteroatoms. The number of rotatable bonds is 7. The van der Waals surface area contributed by atoms with Gasteiger partial charge >= 0.3 is 0 Å². The van der Waals surface area contributed by atoms with E-state index in [1.807, 2.05) is 0 Å². The predicted octanol–water partition coefficient (Wildman–Crippen LogP) is 3.78.